The summed E-state index contributed by atoms with van der Waals surface area (Å²) in [6.07, 6.45) is 12.1. The van der Waals surface area contributed by atoms with E-state index in [1.807, 2.05) is 42.5 Å². The molecule has 0 radical (unpaired) electrons. The largest absolute Gasteiger partial charge is 0.311 e. The zero-order chi connectivity index (χ0) is 30.6. The molecule has 0 unspecified atom stereocenters. The predicted molar refractivity (Wildman–Crippen MR) is 182 cm³/mol. The summed E-state index contributed by atoms with van der Waals surface area (Å²) in [6.45, 7) is 4.35. The first-order chi connectivity index (χ1) is 20.5. The van der Waals surface area contributed by atoms with E-state index < -0.39 is 7.59 Å². The molecule has 0 aliphatic heterocycles. The summed E-state index contributed by atoms with van der Waals surface area (Å²) in [6, 6.07) is 26.4. The fraction of sp³-hybridized carbons (Fsp3) is 0.121. The summed E-state index contributed by atoms with van der Waals surface area (Å²) >= 11 is 36.1. The summed E-state index contributed by atoms with van der Waals surface area (Å²) in [7, 11) is 0. The van der Waals surface area contributed by atoms with E-state index in [0.29, 0.717) is 12.0 Å². The van der Waals surface area contributed by atoms with Crippen LogP contribution in [0.1, 0.15) is 29.2 Å². The van der Waals surface area contributed by atoms with Crippen molar-refractivity contribution in [1.82, 2.24) is 15.0 Å². The summed E-state index contributed by atoms with van der Waals surface area (Å²) in [5.41, 5.74) is 6.97. The smallest absolute Gasteiger partial charge is 0.250 e. The lowest BCUT2D eigenvalue weighted by atomic mass is 9.98. The number of aromatic nitrogens is 3. The van der Waals surface area contributed by atoms with Crippen LogP contribution in [0.15, 0.2) is 122 Å². The van der Waals surface area contributed by atoms with E-state index in [2.05, 4.69) is 93.2 Å². The lowest BCUT2D eigenvalue weighted by Gasteiger charge is -2.26. The molecule has 0 bridgehead atoms. The third kappa shape index (κ3) is 8.02. The molecule has 43 heavy (non-hydrogen) atoms. The minimum absolute atomic E-state index is 0.140. The Hall–Kier alpha value is -2.83. The average molecular weight is 689 g/mol. The van der Waals surface area contributed by atoms with Crippen LogP contribution in [0.5, 0.6) is 0 Å². The fourth-order valence-electron chi connectivity index (χ4n) is 4.48. The van der Waals surface area contributed by atoms with Gasteiger partial charge in [-0.25, -0.2) is 15.0 Å². The highest BCUT2D eigenvalue weighted by Crippen LogP contribution is 2.41. The molecule has 0 spiro atoms. The first kappa shape index (κ1) is 31.6. The number of alkyl halides is 6. The Bertz CT molecular complexity index is 1650. The molecule has 0 saturated heterocycles. The van der Waals surface area contributed by atoms with Crippen LogP contribution in [-0.4, -0.2) is 15.0 Å². The first-order valence-corrected chi connectivity index (χ1v) is 15.4. The van der Waals surface area contributed by atoms with E-state index in [1.54, 1.807) is 0 Å². The van der Waals surface area contributed by atoms with Gasteiger partial charge in [-0.05, 0) is 59.9 Å². The zero-order valence-corrected chi connectivity index (χ0v) is 27.1. The molecular weight excluding hydrogens is 665 g/mol. The summed E-state index contributed by atoms with van der Waals surface area (Å²) < 4.78 is -3.84. The van der Waals surface area contributed by atoms with Gasteiger partial charge >= 0.3 is 0 Å². The van der Waals surface area contributed by atoms with E-state index in [0.717, 1.165) is 40.2 Å². The van der Waals surface area contributed by atoms with Crippen molar-refractivity contribution < 1.29 is 0 Å². The van der Waals surface area contributed by atoms with Crippen molar-refractivity contribution in [3.8, 4) is 11.4 Å². The summed E-state index contributed by atoms with van der Waals surface area (Å²) in [5.74, 6) is -0.0619. The minimum atomic E-state index is -1.92. The Kier molecular flexibility index (Phi) is 9.87. The molecule has 1 heterocycles. The van der Waals surface area contributed by atoms with Crippen LogP contribution in [0, 0.1) is 0 Å². The van der Waals surface area contributed by atoms with Crippen molar-refractivity contribution >= 4 is 86.6 Å². The lowest BCUT2D eigenvalue weighted by Crippen LogP contribution is -2.16. The van der Waals surface area contributed by atoms with Crippen LogP contribution in [-0.2, 0) is 14.0 Å². The van der Waals surface area contributed by atoms with Gasteiger partial charge in [0.1, 0.15) is 0 Å². The maximum absolute atomic E-state index is 6.01. The van der Waals surface area contributed by atoms with E-state index in [-0.39, 0.29) is 17.5 Å². The van der Waals surface area contributed by atoms with Crippen LogP contribution in [0.25, 0.3) is 17.0 Å². The lowest BCUT2D eigenvalue weighted by molar-refractivity contribution is 0.851. The van der Waals surface area contributed by atoms with Gasteiger partial charge in [-0.3, -0.25) is 0 Å². The molecule has 1 aliphatic carbocycles. The molecular formula is C33H24Cl6N4. The van der Waals surface area contributed by atoms with Crippen molar-refractivity contribution in [2.75, 3.05) is 4.90 Å². The molecule has 0 atom stereocenters. The van der Waals surface area contributed by atoms with Crippen LogP contribution in [0.3, 0.4) is 0 Å². The van der Waals surface area contributed by atoms with Crippen molar-refractivity contribution in [3.63, 3.8) is 0 Å². The zero-order valence-electron chi connectivity index (χ0n) is 22.6. The Morgan fingerprint density at radius 3 is 1.93 bits per heavy atom. The van der Waals surface area contributed by atoms with Crippen LogP contribution in [0.2, 0.25) is 0 Å². The number of nitrogens with zero attached hydrogens (tertiary/aromatic N) is 4. The van der Waals surface area contributed by atoms with E-state index >= 15 is 0 Å². The van der Waals surface area contributed by atoms with E-state index in [4.69, 9.17) is 69.6 Å². The molecule has 0 fully saturated rings. The Labute approximate surface area is 280 Å². The van der Waals surface area contributed by atoms with Crippen molar-refractivity contribution in [2.24, 2.45) is 0 Å². The average Bonchev–Trinajstić information content (AvgIpc) is 3.27. The maximum atomic E-state index is 6.01. The van der Waals surface area contributed by atoms with Gasteiger partial charge in [0.2, 0.25) is 7.59 Å². The Morgan fingerprint density at radius 2 is 1.33 bits per heavy atom. The van der Waals surface area contributed by atoms with Crippen molar-refractivity contribution in [1.29, 1.82) is 0 Å². The number of hydrogen-bond donors (Lipinski definition) is 0. The molecule has 1 aromatic heterocycles. The SMILES string of the molecule is C=C(Cc1ccc(-c2nc(C(Cl)(Cl)Cl)nc(C(Cl)(Cl)Cl)n2)cc1)c1ccc(N(C2=CCC=CC=C2)c2ccccc2)cc1. The van der Waals surface area contributed by atoms with Gasteiger partial charge in [0.25, 0.3) is 0 Å². The van der Waals surface area contributed by atoms with Gasteiger partial charge in [-0.15, -0.1) is 0 Å². The number of halogens is 6. The summed E-state index contributed by atoms with van der Waals surface area (Å²) in [5, 5.41) is 0. The van der Waals surface area contributed by atoms with Crippen LogP contribution in [0.4, 0.5) is 11.4 Å². The van der Waals surface area contributed by atoms with Crippen molar-refractivity contribution in [3.05, 3.63) is 144 Å². The predicted octanol–water partition coefficient (Wildman–Crippen LogP) is 11.0. The quantitative estimate of drug-likeness (QED) is 0.181. The second-order valence-corrected chi connectivity index (χ2v) is 14.2. The van der Waals surface area contributed by atoms with Gasteiger partial charge in [0.05, 0.1) is 0 Å². The van der Waals surface area contributed by atoms with Crippen LogP contribution >= 0.6 is 69.6 Å². The summed E-state index contributed by atoms with van der Waals surface area (Å²) in [4.78, 5) is 14.8. The fourth-order valence-corrected chi connectivity index (χ4v) is 4.99. The first-order valence-electron chi connectivity index (χ1n) is 13.2. The standard InChI is InChI=1S/C33H24Cl6N4/c1-22(21-23-13-15-25(16-14-23)29-40-30(32(34,35)36)42-31(41-29)33(37,38)39)24-17-19-28(20-18-24)43(27-11-7-4-8-12-27)26-9-5-2-3-6-10-26/h2-5,7-20H,1,6,21H2. The normalized spacial score (nSPS) is 13.4. The number of benzene rings is 3. The molecule has 10 heteroatoms. The highest BCUT2D eigenvalue weighted by Gasteiger charge is 2.34. The second-order valence-electron chi connectivity index (χ2n) is 9.65. The minimum Gasteiger partial charge on any atom is -0.311 e. The molecule has 218 valence electrons. The molecule has 4 nitrogen and oxygen atoms in total. The molecule has 0 amide bonds. The Morgan fingerprint density at radius 1 is 0.721 bits per heavy atom. The highest BCUT2D eigenvalue weighted by atomic mass is 35.6. The van der Waals surface area contributed by atoms with Gasteiger partial charge < -0.3 is 4.90 Å². The third-order valence-corrected chi connectivity index (χ3v) is 7.57. The second kappa shape index (κ2) is 13.4. The van der Waals surface area contributed by atoms with Crippen molar-refractivity contribution in [2.45, 2.75) is 20.4 Å². The van der Waals surface area contributed by atoms with E-state index in [9.17, 15) is 0 Å². The molecule has 0 saturated carbocycles. The molecule has 0 N–H and O–H groups in total. The topological polar surface area (TPSA) is 41.9 Å². The van der Waals surface area contributed by atoms with Gasteiger partial charge in [-0.2, -0.15) is 0 Å². The van der Waals surface area contributed by atoms with Gasteiger partial charge in [0.15, 0.2) is 17.5 Å². The van der Waals surface area contributed by atoms with Gasteiger partial charge in [-0.1, -0.05) is 155 Å². The third-order valence-electron chi connectivity index (χ3n) is 6.56. The van der Waals surface area contributed by atoms with Gasteiger partial charge in [0, 0.05) is 22.6 Å². The number of anilines is 2. The maximum Gasteiger partial charge on any atom is 0.250 e. The molecule has 1 aliphatic rings. The van der Waals surface area contributed by atoms with E-state index in [1.165, 1.54) is 0 Å². The molecule has 4 aromatic rings. The monoisotopic (exact) mass is 686 g/mol. The number of hydrogen-bond acceptors (Lipinski definition) is 4. The molecule has 5 rings (SSSR count). The highest BCUT2D eigenvalue weighted by molar-refractivity contribution is 6.67. The number of para-hydroxylation sites is 1. The molecule has 3 aromatic carbocycles. The number of allylic oxidation sites excluding steroid dienone is 6. The number of rotatable bonds is 7. The Balaban J connectivity index is 1.35. The van der Waals surface area contributed by atoms with Crippen LogP contribution < -0.4 is 4.90 Å².